The number of carboxylic acid groups (broad SMARTS) is 1. The maximum Gasteiger partial charge on any atom is 0.336 e. The summed E-state index contributed by atoms with van der Waals surface area (Å²) in [4.78, 5) is 11.4. The molecule has 0 saturated heterocycles. The van der Waals surface area contributed by atoms with Crippen LogP contribution in [-0.2, 0) is 6.54 Å². The van der Waals surface area contributed by atoms with Gasteiger partial charge < -0.3 is 5.11 Å². The number of aromatic nitrogens is 2. The molecule has 0 aliphatic carbocycles. The lowest BCUT2D eigenvalue weighted by molar-refractivity contribution is 0.0695. The van der Waals surface area contributed by atoms with Crippen LogP contribution in [0.15, 0.2) is 42.5 Å². The molecule has 6 heteroatoms. The molecule has 1 N–H and O–H groups in total. The van der Waals surface area contributed by atoms with Crippen molar-refractivity contribution in [2.45, 2.75) is 20.4 Å². The van der Waals surface area contributed by atoms with E-state index in [0.717, 1.165) is 22.5 Å². The van der Waals surface area contributed by atoms with Crippen LogP contribution in [-0.4, -0.2) is 20.9 Å². The minimum absolute atomic E-state index is 0.267. The summed E-state index contributed by atoms with van der Waals surface area (Å²) < 4.78 is 1.79. The van der Waals surface area contributed by atoms with E-state index in [-0.39, 0.29) is 5.56 Å². The Kier molecular flexibility index (Phi) is 4.79. The van der Waals surface area contributed by atoms with Crippen LogP contribution in [0.2, 0.25) is 5.02 Å². The Hall–Kier alpha value is -3.10. The van der Waals surface area contributed by atoms with Gasteiger partial charge in [0.25, 0.3) is 0 Å². The molecule has 130 valence electrons. The number of rotatable bonds is 4. The number of halogens is 1. The molecule has 0 atom stereocenters. The van der Waals surface area contributed by atoms with E-state index in [1.54, 1.807) is 35.0 Å². The molecule has 0 unspecified atom stereocenters. The molecule has 0 amide bonds. The van der Waals surface area contributed by atoms with Crippen LogP contribution < -0.4 is 0 Å². The van der Waals surface area contributed by atoms with Crippen LogP contribution in [0.3, 0.4) is 0 Å². The van der Waals surface area contributed by atoms with Gasteiger partial charge in [0.1, 0.15) is 6.07 Å². The number of carboxylic acids is 1. The predicted molar refractivity (Wildman–Crippen MR) is 99.4 cm³/mol. The van der Waals surface area contributed by atoms with Gasteiger partial charge in [-0.05, 0) is 43.2 Å². The number of benzene rings is 2. The third-order valence-electron chi connectivity index (χ3n) is 4.33. The van der Waals surface area contributed by atoms with Gasteiger partial charge in [-0.3, -0.25) is 4.68 Å². The first-order valence-electron chi connectivity index (χ1n) is 7.97. The lowest BCUT2D eigenvalue weighted by Gasteiger charge is -2.09. The second-order valence-corrected chi connectivity index (χ2v) is 6.38. The first kappa shape index (κ1) is 17.7. The Morgan fingerprint density at radius 1 is 1.27 bits per heavy atom. The molecular weight excluding hydrogens is 350 g/mol. The van der Waals surface area contributed by atoms with Gasteiger partial charge in [0.2, 0.25) is 0 Å². The molecule has 1 aromatic heterocycles. The van der Waals surface area contributed by atoms with E-state index in [1.165, 1.54) is 0 Å². The second kappa shape index (κ2) is 7.03. The number of hydrogen-bond donors (Lipinski definition) is 1. The number of nitriles is 1. The third-order valence-corrected chi connectivity index (χ3v) is 4.64. The van der Waals surface area contributed by atoms with Crippen molar-refractivity contribution in [3.8, 4) is 17.2 Å². The van der Waals surface area contributed by atoms with E-state index < -0.39 is 5.97 Å². The van der Waals surface area contributed by atoms with Gasteiger partial charge in [0.15, 0.2) is 0 Å². The molecule has 0 bridgehead atoms. The van der Waals surface area contributed by atoms with Crippen molar-refractivity contribution in [3.63, 3.8) is 0 Å². The Morgan fingerprint density at radius 2 is 2.00 bits per heavy atom. The topological polar surface area (TPSA) is 78.9 Å². The first-order valence-corrected chi connectivity index (χ1v) is 8.35. The zero-order chi connectivity index (χ0) is 18.8. The fourth-order valence-corrected chi connectivity index (χ4v) is 3.28. The molecule has 3 rings (SSSR count). The van der Waals surface area contributed by atoms with E-state index in [4.69, 9.17) is 16.9 Å². The summed E-state index contributed by atoms with van der Waals surface area (Å²) in [5, 5.41) is 23.4. The molecule has 3 aromatic rings. The van der Waals surface area contributed by atoms with Gasteiger partial charge in [0, 0.05) is 11.3 Å². The van der Waals surface area contributed by atoms with Gasteiger partial charge in [-0.1, -0.05) is 35.9 Å². The van der Waals surface area contributed by atoms with Gasteiger partial charge in [0.05, 0.1) is 28.4 Å². The maximum atomic E-state index is 11.4. The second-order valence-electron chi connectivity index (χ2n) is 5.97. The molecule has 2 aromatic carbocycles. The van der Waals surface area contributed by atoms with E-state index in [2.05, 4.69) is 5.10 Å². The van der Waals surface area contributed by atoms with Crippen molar-refractivity contribution in [2.75, 3.05) is 0 Å². The fourth-order valence-electron chi connectivity index (χ4n) is 3.06. The van der Waals surface area contributed by atoms with Gasteiger partial charge >= 0.3 is 5.97 Å². The average molecular weight is 366 g/mol. The van der Waals surface area contributed by atoms with E-state index >= 15 is 0 Å². The molecular formula is C20H16ClN3O2. The van der Waals surface area contributed by atoms with Crippen LogP contribution >= 0.6 is 11.6 Å². The summed E-state index contributed by atoms with van der Waals surface area (Å²) in [6.45, 7) is 4.19. The SMILES string of the molecule is Cc1nn(Cc2ccccc2C(=O)O)c(C)c1-c1ccc(C#N)c(Cl)c1. The van der Waals surface area contributed by atoms with Crippen molar-refractivity contribution < 1.29 is 9.90 Å². The molecule has 0 aliphatic rings. The highest BCUT2D eigenvalue weighted by Gasteiger charge is 2.17. The molecule has 0 fully saturated rings. The lowest BCUT2D eigenvalue weighted by Crippen LogP contribution is -2.09. The van der Waals surface area contributed by atoms with Gasteiger partial charge in [-0.15, -0.1) is 0 Å². The Labute approximate surface area is 156 Å². The van der Waals surface area contributed by atoms with E-state index in [9.17, 15) is 9.90 Å². The minimum atomic E-state index is -0.957. The summed E-state index contributed by atoms with van der Waals surface area (Å²) in [6, 6.07) is 14.2. The van der Waals surface area contributed by atoms with E-state index in [1.807, 2.05) is 32.0 Å². The van der Waals surface area contributed by atoms with Crippen molar-refractivity contribution in [1.29, 1.82) is 5.26 Å². The smallest absolute Gasteiger partial charge is 0.336 e. The van der Waals surface area contributed by atoms with Crippen LogP contribution in [0.1, 0.15) is 32.9 Å². The largest absolute Gasteiger partial charge is 0.478 e. The van der Waals surface area contributed by atoms with Crippen molar-refractivity contribution in [2.24, 2.45) is 0 Å². The number of nitrogens with zero attached hydrogens (tertiary/aromatic N) is 3. The Bertz CT molecular complexity index is 1050. The summed E-state index contributed by atoms with van der Waals surface area (Å²) in [7, 11) is 0. The number of hydrogen-bond acceptors (Lipinski definition) is 3. The minimum Gasteiger partial charge on any atom is -0.478 e. The summed E-state index contributed by atoms with van der Waals surface area (Å²) in [5.74, 6) is -0.957. The highest BCUT2D eigenvalue weighted by molar-refractivity contribution is 6.32. The molecule has 5 nitrogen and oxygen atoms in total. The van der Waals surface area contributed by atoms with Crippen molar-refractivity contribution >= 4 is 17.6 Å². The zero-order valence-electron chi connectivity index (χ0n) is 14.3. The van der Waals surface area contributed by atoms with Crippen LogP contribution in [0.5, 0.6) is 0 Å². The first-order chi connectivity index (χ1) is 12.4. The summed E-state index contributed by atoms with van der Waals surface area (Å²) in [5.41, 5.74) is 4.91. The highest BCUT2D eigenvalue weighted by Crippen LogP contribution is 2.30. The lowest BCUT2D eigenvalue weighted by atomic mass is 10.0. The van der Waals surface area contributed by atoms with E-state index in [0.29, 0.717) is 22.7 Å². The highest BCUT2D eigenvalue weighted by atomic mass is 35.5. The zero-order valence-corrected chi connectivity index (χ0v) is 15.1. The monoisotopic (exact) mass is 365 g/mol. The number of aryl methyl sites for hydroxylation is 1. The molecule has 0 aliphatic heterocycles. The van der Waals surface area contributed by atoms with Crippen molar-refractivity contribution in [3.05, 3.63) is 75.6 Å². The van der Waals surface area contributed by atoms with Crippen LogP contribution in [0.4, 0.5) is 0 Å². The molecule has 0 saturated carbocycles. The molecule has 26 heavy (non-hydrogen) atoms. The van der Waals surface area contributed by atoms with Gasteiger partial charge in [-0.25, -0.2) is 4.79 Å². The van der Waals surface area contributed by atoms with Crippen LogP contribution in [0.25, 0.3) is 11.1 Å². The molecule has 1 heterocycles. The number of carbonyl (C=O) groups is 1. The summed E-state index contributed by atoms with van der Waals surface area (Å²) >= 11 is 6.16. The normalized spacial score (nSPS) is 10.5. The maximum absolute atomic E-state index is 11.4. The van der Waals surface area contributed by atoms with Crippen LogP contribution in [0, 0.1) is 25.2 Å². The molecule has 0 radical (unpaired) electrons. The Morgan fingerprint density at radius 3 is 2.65 bits per heavy atom. The summed E-state index contributed by atoms with van der Waals surface area (Å²) in [6.07, 6.45) is 0. The number of aromatic carboxylic acids is 1. The average Bonchev–Trinajstić information content (AvgIpc) is 2.88. The predicted octanol–water partition coefficient (Wildman–Crippen LogP) is 4.44. The van der Waals surface area contributed by atoms with Crippen molar-refractivity contribution in [1.82, 2.24) is 9.78 Å². The third kappa shape index (κ3) is 3.19. The quantitative estimate of drug-likeness (QED) is 0.741. The fraction of sp³-hybridized carbons (Fsp3) is 0.150. The molecule has 0 spiro atoms. The standard InChI is InChI=1S/C20H16ClN3O2/c1-12-19(14-7-8-15(10-22)18(21)9-14)13(2)24(23-12)11-16-5-3-4-6-17(16)20(25)26/h3-9H,11H2,1-2H3,(H,25,26). The van der Waals surface area contributed by atoms with Gasteiger partial charge in [-0.2, -0.15) is 10.4 Å². The Balaban J connectivity index is 2.03.